The first-order valence-corrected chi connectivity index (χ1v) is 7.66. The molecule has 0 unspecified atom stereocenters. The number of hydrogen-bond donors (Lipinski definition) is 1. The van der Waals surface area contributed by atoms with Crippen LogP contribution in [0.2, 0.25) is 0 Å². The van der Waals surface area contributed by atoms with Crippen LogP contribution >= 0.6 is 0 Å². The lowest BCUT2D eigenvalue weighted by Crippen LogP contribution is -2.50. The molecule has 2 aliphatic heterocycles. The number of rotatable bonds is 3. The third-order valence-corrected chi connectivity index (χ3v) is 4.66. The van der Waals surface area contributed by atoms with E-state index in [2.05, 4.69) is 40.2 Å². The highest BCUT2D eigenvalue weighted by molar-refractivity contribution is 5.44. The predicted octanol–water partition coefficient (Wildman–Crippen LogP) is 1.48. The molecular formula is C16H25N3O. The SMILES string of the molecule is CCN1CCN([C@H]2CNCc3cccc(OC)c32)CC1. The van der Waals surface area contributed by atoms with E-state index in [-0.39, 0.29) is 0 Å². The molecule has 110 valence electrons. The fraction of sp³-hybridized carbons (Fsp3) is 0.625. The number of nitrogens with zero attached hydrogens (tertiary/aromatic N) is 2. The van der Waals surface area contributed by atoms with Crippen LogP contribution in [-0.4, -0.2) is 56.2 Å². The number of piperazine rings is 1. The highest BCUT2D eigenvalue weighted by Crippen LogP contribution is 2.35. The Bertz CT molecular complexity index is 441. The molecule has 3 rings (SSSR count). The highest BCUT2D eigenvalue weighted by atomic mass is 16.5. The second kappa shape index (κ2) is 6.12. The van der Waals surface area contributed by atoms with Gasteiger partial charge in [-0.25, -0.2) is 0 Å². The second-order valence-electron chi connectivity index (χ2n) is 5.65. The van der Waals surface area contributed by atoms with Gasteiger partial charge in [0.05, 0.1) is 13.2 Å². The topological polar surface area (TPSA) is 27.7 Å². The molecule has 0 aromatic heterocycles. The van der Waals surface area contributed by atoms with Crippen LogP contribution in [0.1, 0.15) is 24.1 Å². The normalized spacial score (nSPS) is 24.4. The number of ether oxygens (including phenoxy) is 1. The van der Waals surface area contributed by atoms with E-state index >= 15 is 0 Å². The number of methoxy groups -OCH3 is 1. The third kappa shape index (κ3) is 2.55. The molecule has 20 heavy (non-hydrogen) atoms. The Morgan fingerprint density at radius 1 is 1.25 bits per heavy atom. The van der Waals surface area contributed by atoms with Gasteiger partial charge in [0.2, 0.25) is 0 Å². The Labute approximate surface area is 121 Å². The molecule has 1 aromatic carbocycles. The van der Waals surface area contributed by atoms with Gasteiger partial charge in [0.1, 0.15) is 5.75 Å². The van der Waals surface area contributed by atoms with E-state index in [0.29, 0.717) is 6.04 Å². The highest BCUT2D eigenvalue weighted by Gasteiger charge is 2.30. The molecule has 1 N–H and O–H groups in total. The molecule has 1 aromatic rings. The molecule has 4 heteroatoms. The Morgan fingerprint density at radius 3 is 2.75 bits per heavy atom. The molecular weight excluding hydrogens is 250 g/mol. The van der Waals surface area contributed by atoms with Gasteiger partial charge in [0, 0.05) is 44.8 Å². The molecule has 4 nitrogen and oxygen atoms in total. The summed E-state index contributed by atoms with van der Waals surface area (Å²) in [5.41, 5.74) is 2.79. The first-order chi connectivity index (χ1) is 9.83. The molecule has 0 spiro atoms. The van der Waals surface area contributed by atoms with Gasteiger partial charge in [0.25, 0.3) is 0 Å². The minimum atomic E-state index is 0.453. The van der Waals surface area contributed by atoms with E-state index in [1.807, 2.05) is 0 Å². The summed E-state index contributed by atoms with van der Waals surface area (Å²) in [6.07, 6.45) is 0. The number of benzene rings is 1. The summed E-state index contributed by atoms with van der Waals surface area (Å²) >= 11 is 0. The van der Waals surface area contributed by atoms with Gasteiger partial charge in [-0.2, -0.15) is 0 Å². The van der Waals surface area contributed by atoms with Gasteiger partial charge >= 0.3 is 0 Å². The van der Waals surface area contributed by atoms with Gasteiger partial charge in [0.15, 0.2) is 0 Å². The molecule has 1 atom stereocenters. The van der Waals surface area contributed by atoms with Gasteiger partial charge < -0.3 is 15.0 Å². The molecule has 0 bridgehead atoms. The fourth-order valence-electron chi connectivity index (χ4n) is 3.45. The largest absolute Gasteiger partial charge is 0.496 e. The van der Waals surface area contributed by atoms with Crippen molar-refractivity contribution in [3.05, 3.63) is 29.3 Å². The van der Waals surface area contributed by atoms with Crippen molar-refractivity contribution in [1.82, 2.24) is 15.1 Å². The summed E-state index contributed by atoms with van der Waals surface area (Å²) < 4.78 is 5.61. The third-order valence-electron chi connectivity index (χ3n) is 4.66. The van der Waals surface area contributed by atoms with Crippen molar-refractivity contribution in [2.24, 2.45) is 0 Å². The van der Waals surface area contributed by atoms with Crippen LogP contribution in [0.4, 0.5) is 0 Å². The maximum Gasteiger partial charge on any atom is 0.124 e. The lowest BCUT2D eigenvalue weighted by atomic mass is 9.94. The van der Waals surface area contributed by atoms with Crippen LogP contribution in [0.15, 0.2) is 18.2 Å². The van der Waals surface area contributed by atoms with Crippen molar-refractivity contribution >= 4 is 0 Å². The number of nitrogens with one attached hydrogen (secondary N) is 1. The summed E-state index contributed by atoms with van der Waals surface area (Å²) in [7, 11) is 1.78. The van der Waals surface area contributed by atoms with Gasteiger partial charge in [-0.3, -0.25) is 4.90 Å². The van der Waals surface area contributed by atoms with E-state index in [1.165, 1.54) is 24.2 Å². The van der Waals surface area contributed by atoms with Crippen LogP contribution in [-0.2, 0) is 6.54 Å². The summed E-state index contributed by atoms with van der Waals surface area (Å²) in [5.74, 6) is 1.05. The Hall–Kier alpha value is -1.10. The van der Waals surface area contributed by atoms with Crippen molar-refractivity contribution in [2.75, 3.05) is 46.4 Å². The van der Waals surface area contributed by atoms with E-state index in [1.54, 1.807) is 7.11 Å². The molecule has 1 fully saturated rings. The van der Waals surface area contributed by atoms with E-state index in [9.17, 15) is 0 Å². The van der Waals surface area contributed by atoms with Gasteiger partial charge in [-0.15, -0.1) is 0 Å². The Balaban J connectivity index is 1.83. The minimum absolute atomic E-state index is 0.453. The predicted molar refractivity (Wildman–Crippen MR) is 81.1 cm³/mol. The minimum Gasteiger partial charge on any atom is -0.496 e. The zero-order valence-electron chi connectivity index (χ0n) is 12.6. The zero-order chi connectivity index (χ0) is 13.9. The Kier molecular flexibility index (Phi) is 4.24. The maximum absolute atomic E-state index is 5.61. The van der Waals surface area contributed by atoms with Crippen LogP contribution in [0.5, 0.6) is 5.75 Å². The molecule has 1 saturated heterocycles. The lowest BCUT2D eigenvalue weighted by molar-refractivity contribution is 0.0936. The monoisotopic (exact) mass is 275 g/mol. The molecule has 0 radical (unpaired) electrons. The van der Waals surface area contributed by atoms with Gasteiger partial charge in [-0.1, -0.05) is 19.1 Å². The number of hydrogen-bond acceptors (Lipinski definition) is 4. The summed E-state index contributed by atoms with van der Waals surface area (Å²) in [5, 5.41) is 3.55. The van der Waals surface area contributed by atoms with Crippen molar-refractivity contribution in [3.63, 3.8) is 0 Å². The molecule has 0 saturated carbocycles. The maximum atomic E-state index is 5.61. The van der Waals surface area contributed by atoms with Crippen LogP contribution in [0.3, 0.4) is 0 Å². The quantitative estimate of drug-likeness (QED) is 0.904. The molecule has 0 amide bonds. The summed E-state index contributed by atoms with van der Waals surface area (Å²) in [6.45, 7) is 10.1. The van der Waals surface area contributed by atoms with E-state index in [0.717, 1.165) is 38.5 Å². The van der Waals surface area contributed by atoms with E-state index in [4.69, 9.17) is 4.74 Å². The van der Waals surface area contributed by atoms with Gasteiger partial charge in [-0.05, 0) is 18.2 Å². The molecule has 2 heterocycles. The average molecular weight is 275 g/mol. The fourth-order valence-corrected chi connectivity index (χ4v) is 3.45. The Morgan fingerprint density at radius 2 is 2.05 bits per heavy atom. The molecule has 0 aliphatic carbocycles. The summed E-state index contributed by atoms with van der Waals surface area (Å²) in [6, 6.07) is 6.86. The van der Waals surface area contributed by atoms with E-state index < -0.39 is 0 Å². The second-order valence-corrected chi connectivity index (χ2v) is 5.65. The van der Waals surface area contributed by atoms with Crippen molar-refractivity contribution in [3.8, 4) is 5.75 Å². The number of fused-ring (bicyclic) bond motifs is 1. The van der Waals surface area contributed by atoms with Crippen LogP contribution < -0.4 is 10.1 Å². The molecule has 2 aliphatic rings. The lowest BCUT2D eigenvalue weighted by Gasteiger charge is -2.41. The first kappa shape index (κ1) is 13.9. The zero-order valence-corrected chi connectivity index (χ0v) is 12.6. The van der Waals surface area contributed by atoms with Crippen molar-refractivity contribution in [1.29, 1.82) is 0 Å². The van der Waals surface area contributed by atoms with Crippen LogP contribution in [0, 0.1) is 0 Å². The number of likely N-dealkylation sites (N-methyl/N-ethyl adjacent to an activating group) is 1. The van der Waals surface area contributed by atoms with Crippen LogP contribution in [0.25, 0.3) is 0 Å². The smallest absolute Gasteiger partial charge is 0.124 e. The first-order valence-electron chi connectivity index (χ1n) is 7.66. The van der Waals surface area contributed by atoms with Crippen molar-refractivity contribution < 1.29 is 4.74 Å². The standard InChI is InChI=1S/C16H25N3O/c1-3-18-7-9-19(10-8-18)14-12-17-11-13-5-4-6-15(20-2)16(13)14/h4-6,14,17H,3,7-12H2,1-2H3/t14-/m0/s1. The summed E-state index contributed by atoms with van der Waals surface area (Å²) in [4.78, 5) is 5.13. The average Bonchev–Trinajstić information content (AvgIpc) is 2.53. The van der Waals surface area contributed by atoms with Crippen molar-refractivity contribution in [2.45, 2.75) is 19.5 Å².